The van der Waals surface area contributed by atoms with Crippen LogP contribution >= 0.6 is 0 Å². The van der Waals surface area contributed by atoms with Crippen molar-refractivity contribution in [3.63, 3.8) is 0 Å². The van der Waals surface area contributed by atoms with Crippen LogP contribution in [0.25, 0.3) is 0 Å². The van der Waals surface area contributed by atoms with E-state index in [1.807, 2.05) is 0 Å². The minimum atomic E-state index is -4.08. The predicted octanol–water partition coefficient (Wildman–Crippen LogP) is 0.612. The highest BCUT2D eigenvalue weighted by Gasteiger charge is 2.29. The van der Waals surface area contributed by atoms with Crippen LogP contribution in [-0.2, 0) is 20.8 Å². The van der Waals surface area contributed by atoms with E-state index >= 15 is 0 Å². The van der Waals surface area contributed by atoms with Crippen molar-refractivity contribution in [2.24, 2.45) is 0 Å². The molecule has 118 valence electrons. The van der Waals surface area contributed by atoms with E-state index in [0.29, 0.717) is 12.2 Å². The van der Waals surface area contributed by atoms with Gasteiger partial charge in [-0.25, -0.2) is 13.1 Å². The zero-order valence-electron chi connectivity index (χ0n) is 11.6. The van der Waals surface area contributed by atoms with E-state index in [1.54, 1.807) is 6.92 Å². The number of benzene rings is 1. The number of hydrogen-bond acceptors (Lipinski definition) is 6. The van der Waals surface area contributed by atoms with Gasteiger partial charge in [0.15, 0.2) is 4.90 Å². The van der Waals surface area contributed by atoms with Gasteiger partial charge in [0, 0.05) is 28.9 Å². The number of nitro groups is 1. The Morgan fingerprint density at radius 2 is 2.10 bits per heavy atom. The number of para-hydroxylation sites is 1. The molecule has 0 aliphatic heterocycles. The quantitative estimate of drug-likeness (QED) is 0.426. The lowest BCUT2D eigenvalue weighted by atomic mass is 10.3. The summed E-state index contributed by atoms with van der Waals surface area (Å²) in [7, 11) is -5.11. The van der Waals surface area contributed by atoms with Crippen molar-refractivity contribution >= 4 is 32.2 Å². The normalized spacial score (nSPS) is 14.6. The first-order valence-electron chi connectivity index (χ1n) is 6.00. The van der Waals surface area contributed by atoms with Gasteiger partial charge in [0.05, 0.1) is 4.92 Å². The minimum absolute atomic E-state index is 0.217. The summed E-state index contributed by atoms with van der Waals surface area (Å²) in [6.45, 7) is 1.60. The van der Waals surface area contributed by atoms with Crippen LogP contribution in [0, 0.1) is 10.1 Å². The molecule has 0 aromatic heterocycles. The number of nitro benzene ring substituents is 1. The number of nitrogen functional groups attached to an aromatic ring is 1. The van der Waals surface area contributed by atoms with E-state index < -0.39 is 42.4 Å². The zero-order chi connectivity index (χ0) is 16.2. The summed E-state index contributed by atoms with van der Waals surface area (Å²) in [5, 5.41) is 11.0. The Morgan fingerprint density at radius 3 is 2.62 bits per heavy atom. The number of nitrogens with one attached hydrogen (secondary N) is 1. The van der Waals surface area contributed by atoms with E-state index in [-0.39, 0.29) is 5.69 Å². The molecule has 0 saturated carbocycles. The fraction of sp³-hybridized carbons (Fsp3) is 0.455. The number of nitrogens with two attached hydrogens (primary N) is 1. The van der Waals surface area contributed by atoms with Crippen molar-refractivity contribution in [1.82, 2.24) is 4.72 Å². The lowest BCUT2D eigenvalue weighted by molar-refractivity contribution is -0.386. The molecule has 8 nitrogen and oxygen atoms in total. The third-order valence-corrected chi connectivity index (χ3v) is 5.13. The first-order valence-corrected chi connectivity index (χ1v) is 9.21. The summed E-state index contributed by atoms with van der Waals surface area (Å²) in [4.78, 5) is 9.68. The van der Waals surface area contributed by atoms with Gasteiger partial charge in [0.2, 0.25) is 10.0 Å². The van der Waals surface area contributed by atoms with Crippen LogP contribution < -0.4 is 10.5 Å². The second kappa shape index (κ2) is 6.96. The third-order valence-electron chi connectivity index (χ3n) is 2.70. The maximum absolute atomic E-state index is 12.2. The lowest BCUT2D eigenvalue weighted by Crippen LogP contribution is -2.34. The summed E-state index contributed by atoms with van der Waals surface area (Å²) in [5.74, 6) is 0.336. The average Bonchev–Trinajstić information content (AvgIpc) is 2.35. The van der Waals surface area contributed by atoms with E-state index in [4.69, 9.17) is 5.73 Å². The molecular formula is C11H17N3O5S2. The summed E-state index contributed by atoms with van der Waals surface area (Å²) < 4.78 is 37.8. The van der Waals surface area contributed by atoms with Gasteiger partial charge < -0.3 is 5.73 Å². The van der Waals surface area contributed by atoms with Gasteiger partial charge >= 0.3 is 5.69 Å². The van der Waals surface area contributed by atoms with Crippen molar-refractivity contribution in [3.05, 3.63) is 28.3 Å². The highest BCUT2D eigenvalue weighted by molar-refractivity contribution is 7.89. The van der Waals surface area contributed by atoms with Crippen molar-refractivity contribution < 1.29 is 17.6 Å². The average molecular weight is 335 g/mol. The van der Waals surface area contributed by atoms with Crippen LogP contribution in [-0.4, -0.2) is 35.6 Å². The second-order valence-electron chi connectivity index (χ2n) is 4.54. The number of rotatable bonds is 7. The molecule has 1 aromatic rings. The Morgan fingerprint density at radius 1 is 1.48 bits per heavy atom. The van der Waals surface area contributed by atoms with Crippen molar-refractivity contribution in [1.29, 1.82) is 0 Å². The maximum atomic E-state index is 12.2. The molecule has 0 bridgehead atoms. The molecule has 0 aliphatic rings. The van der Waals surface area contributed by atoms with Gasteiger partial charge in [-0.05, 0) is 25.5 Å². The zero-order valence-corrected chi connectivity index (χ0v) is 13.2. The smallest absolute Gasteiger partial charge is 0.312 e. The van der Waals surface area contributed by atoms with Crippen molar-refractivity contribution in [2.45, 2.75) is 24.3 Å². The summed E-state index contributed by atoms with van der Waals surface area (Å²) in [5.41, 5.74) is 4.61. The number of anilines is 1. The van der Waals surface area contributed by atoms with Crippen molar-refractivity contribution in [3.8, 4) is 0 Å². The molecule has 1 rings (SSSR count). The molecule has 0 aliphatic carbocycles. The molecule has 2 unspecified atom stereocenters. The molecule has 0 saturated heterocycles. The predicted molar refractivity (Wildman–Crippen MR) is 80.8 cm³/mol. The monoisotopic (exact) mass is 335 g/mol. The number of sulfonamides is 1. The Hall–Kier alpha value is -1.52. The fourth-order valence-corrected chi connectivity index (χ4v) is 3.85. The van der Waals surface area contributed by atoms with Gasteiger partial charge in [-0.2, -0.15) is 0 Å². The van der Waals surface area contributed by atoms with E-state index in [0.717, 1.165) is 6.07 Å². The Balaban J connectivity index is 3.06. The molecule has 3 N–H and O–H groups in total. The topological polar surface area (TPSA) is 132 Å². The molecule has 0 spiro atoms. The minimum Gasteiger partial charge on any atom is -0.393 e. The highest BCUT2D eigenvalue weighted by Crippen LogP contribution is 2.29. The maximum Gasteiger partial charge on any atom is 0.312 e. The second-order valence-corrected chi connectivity index (χ2v) is 7.78. The third kappa shape index (κ3) is 4.76. The Kier molecular flexibility index (Phi) is 5.81. The van der Waals surface area contributed by atoms with Gasteiger partial charge in [0.25, 0.3) is 0 Å². The van der Waals surface area contributed by atoms with E-state index in [9.17, 15) is 22.7 Å². The molecule has 21 heavy (non-hydrogen) atoms. The van der Waals surface area contributed by atoms with Crippen LogP contribution in [0.5, 0.6) is 0 Å². The molecule has 0 amide bonds. The van der Waals surface area contributed by atoms with E-state index in [1.165, 1.54) is 18.4 Å². The standard InChI is InChI=1S/C11H17N3O5S2/c1-8(6-7-20(2)17)13-21(18,19)10-5-3-4-9(12)11(10)14(15)16/h3-5,8,13H,6-7,12H2,1-2H3. The summed E-state index contributed by atoms with van der Waals surface area (Å²) in [6.07, 6.45) is 1.88. The summed E-state index contributed by atoms with van der Waals surface area (Å²) >= 11 is 0. The van der Waals surface area contributed by atoms with E-state index in [2.05, 4.69) is 4.72 Å². The number of hydrogen-bond donors (Lipinski definition) is 2. The molecule has 2 atom stereocenters. The van der Waals surface area contributed by atoms with Crippen LogP contribution in [0.4, 0.5) is 11.4 Å². The molecule has 0 heterocycles. The highest BCUT2D eigenvalue weighted by atomic mass is 32.2. The molecule has 10 heteroatoms. The van der Waals surface area contributed by atoms with Gasteiger partial charge in [0.1, 0.15) is 5.69 Å². The Bertz CT molecular complexity index is 660. The van der Waals surface area contributed by atoms with Crippen LogP contribution in [0.3, 0.4) is 0 Å². The lowest BCUT2D eigenvalue weighted by Gasteiger charge is -2.14. The fourth-order valence-electron chi connectivity index (χ4n) is 1.68. The van der Waals surface area contributed by atoms with Gasteiger partial charge in [-0.1, -0.05) is 6.07 Å². The van der Waals surface area contributed by atoms with Crippen LogP contribution in [0.15, 0.2) is 23.1 Å². The molecular weight excluding hydrogens is 318 g/mol. The first kappa shape index (κ1) is 17.5. The van der Waals surface area contributed by atoms with Crippen LogP contribution in [0.2, 0.25) is 0 Å². The van der Waals surface area contributed by atoms with Crippen LogP contribution in [0.1, 0.15) is 13.3 Å². The number of nitrogens with zero attached hydrogens (tertiary/aromatic N) is 1. The largest absolute Gasteiger partial charge is 0.393 e. The molecule has 0 fully saturated rings. The van der Waals surface area contributed by atoms with Gasteiger partial charge in [-0.3, -0.25) is 14.3 Å². The molecule has 1 aromatic carbocycles. The first-order chi connectivity index (χ1) is 9.65. The van der Waals surface area contributed by atoms with Crippen molar-refractivity contribution in [2.75, 3.05) is 17.7 Å². The SMILES string of the molecule is CC(CCS(C)=O)NS(=O)(=O)c1cccc(N)c1[N+](=O)[O-]. The van der Waals surface area contributed by atoms with Gasteiger partial charge in [-0.15, -0.1) is 0 Å². The Labute approximate surface area is 125 Å². The molecule has 0 radical (unpaired) electrons. The summed E-state index contributed by atoms with van der Waals surface area (Å²) in [6, 6.07) is 3.23.